The Morgan fingerprint density at radius 3 is 1.11 bits per heavy atom. The molecule has 0 amide bonds. The fourth-order valence-corrected chi connectivity index (χ4v) is 10.6. The number of rotatable bonds is 7. The minimum Gasteiger partial charge on any atom is -0.309 e. The maximum absolute atomic E-state index is 2.46. The Kier molecular flexibility index (Phi) is 8.72. The molecule has 3 aromatic heterocycles. The molecular formula is C63H45N3. The van der Waals surface area contributed by atoms with Crippen molar-refractivity contribution in [3.8, 4) is 50.4 Å². The summed E-state index contributed by atoms with van der Waals surface area (Å²) in [4.78, 5) is 0. The zero-order chi connectivity index (χ0) is 43.9. The first-order valence-corrected chi connectivity index (χ1v) is 23.0. The standard InChI is InChI=1S/C63H45N3/c1-41(2)43-17-14-18-44(35-43)46-26-31-59-54(37-46)55-38-47(27-32-60(55)65(59)50-21-10-5-11-22-50)48-28-33-62-56(39-48)53-36-45(42-15-6-3-7-16-42)25-30-61(53)66(62)51-29-34-63-57(40-51)52-23-12-13-24-58(52)64(63)49-19-8-4-9-20-49/h3-41H,1-2H3. The first kappa shape index (κ1) is 38.1. The molecule has 0 radical (unpaired) electrons. The average Bonchev–Trinajstić information content (AvgIpc) is 4.01. The van der Waals surface area contributed by atoms with E-state index in [9.17, 15) is 0 Å². The van der Waals surface area contributed by atoms with Crippen molar-refractivity contribution in [3.05, 3.63) is 236 Å². The third-order valence-electron chi connectivity index (χ3n) is 13.8. The Labute approximate surface area is 383 Å². The lowest BCUT2D eigenvalue weighted by molar-refractivity contribution is 0.867. The largest absolute Gasteiger partial charge is 0.309 e. The van der Waals surface area contributed by atoms with E-state index >= 15 is 0 Å². The smallest absolute Gasteiger partial charge is 0.0542 e. The zero-order valence-corrected chi connectivity index (χ0v) is 36.9. The fraction of sp³-hybridized carbons (Fsp3) is 0.0476. The zero-order valence-electron chi connectivity index (χ0n) is 36.9. The molecule has 312 valence electrons. The van der Waals surface area contributed by atoms with Crippen LogP contribution in [-0.2, 0) is 0 Å². The van der Waals surface area contributed by atoms with Crippen LogP contribution in [0.3, 0.4) is 0 Å². The second-order valence-corrected chi connectivity index (χ2v) is 18.0. The molecule has 66 heavy (non-hydrogen) atoms. The molecule has 0 saturated carbocycles. The molecule has 0 saturated heterocycles. The van der Waals surface area contributed by atoms with Gasteiger partial charge in [0.15, 0.2) is 0 Å². The maximum atomic E-state index is 2.46. The van der Waals surface area contributed by atoms with Crippen molar-refractivity contribution in [2.75, 3.05) is 0 Å². The quantitative estimate of drug-likeness (QED) is 0.152. The molecular weight excluding hydrogens is 799 g/mol. The van der Waals surface area contributed by atoms with Gasteiger partial charge in [0.25, 0.3) is 0 Å². The van der Waals surface area contributed by atoms with Gasteiger partial charge in [-0.2, -0.15) is 0 Å². The van der Waals surface area contributed by atoms with Crippen LogP contribution < -0.4 is 0 Å². The molecule has 0 N–H and O–H groups in total. The van der Waals surface area contributed by atoms with Gasteiger partial charge in [-0.1, -0.05) is 147 Å². The van der Waals surface area contributed by atoms with E-state index in [0.717, 1.165) is 17.1 Å². The molecule has 3 nitrogen and oxygen atoms in total. The summed E-state index contributed by atoms with van der Waals surface area (Å²) in [5.41, 5.74) is 19.3. The average molecular weight is 844 g/mol. The van der Waals surface area contributed by atoms with Gasteiger partial charge in [0, 0.05) is 49.4 Å². The lowest BCUT2D eigenvalue weighted by Gasteiger charge is -2.11. The highest BCUT2D eigenvalue weighted by atomic mass is 15.0. The Balaban J connectivity index is 1.02. The van der Waals surface area contributed by atoms with Crippen LogP contribution in [0.15, 0.2) is 231 Å². The van der Waals surface area contributed by atoms with Crippen molar-refractivity contribution in [2.24, 2.45) is 0 Å². The molecule has 3 heterocycles. The number of benzene rings is 10. The predicted molar refractivity (Wildman–Crippen MR) is 280 cm³/mol. The molecule has 10 aromatic carbocycles. The van der Waals surface area contributed by atoms with Crippen LogP contribution in [0.1, 0.15) is 25.3 Å². The van der Waals surface area contributed by atoms with Crippen molar-refractivity contribution in [2.45, 2.75) is 19.8 Å². The van der Waals surface area contributed by atoms with Crippen LogP contribution >= 0.6 is 0 Å². The highest BCUT2D eigenvalue weighted by Crippen LogP contribution is 2.42. The molecule has 13 rings (SSSR count). The summed E-state index contributed by atoms with van der Waals surface area (Å²) >= 11 is 0. The van der Waals surface area contributed by atoms with E-state index in [2.05, 4.69) is 258 Å². The lowest BCUT2D eigenvalue weighted by atomic mass is 9.96. The van der Waals surface area contributed by atoms with Gasteiger partial charge in [-0.05, 0) is 142 Å². The van der Waals surface area contributed by atoms with Crippen molar-refractivity contribution < 1.29 is 0 Å². The monoisotopic (exact) mass is 843 g/mol. The summed E-state index contributed by atoms with van der Waals surface area (Å²) in [7, 11) is 0. The normalized spacial score (nSPS) is 11.9. The molecule has 0 aliphatic carbocycles. The number of hydrogen-bond donors (Lipinski definition) is 0. The van der Waals surface area contributed by atoms with Gasteiger partial charge in [-0.3, -0.25) is 0 Å². The third-order valence-corrected chi connectivity index (χ3v) is 13.8. The van der Waals surface area contributed by atoms with E-state index in [1.807, 2.05) is 0 Å². The Hall–Kier alpha value is -8.40. The second kappa shape index (κ2) is 15.1. The summed E-state index contributed by atoms with van der Waals surface area (Å²) in [5.74, 6) is 0.462. The van der Waals surface area contributed by atoms with Crippen molar-refractivity contribution >= 4 is 65.4 Å². The number of fused-ring (bicyclic) bond motifs is 9. The first-order valence-electron chi connectivity index (χ1n) is 23.0. The van der Waals surface area contributed by atoms with Crippen LogP contribution in [0.5, 0.6) is 0 Å². The van der Waals surface area contributed by atoms with E-state index < -0.39 is 0 Å². The fourth-order valence-electron chi connectivity index (χ4n) is 10.6. The predicted octanol–water partition coefficient (Wildman–Crippen LogP) is 17.1. The summed E-state index contributed by atoms with van der Waals surface area (Å²) in [6.07, 6.45) is 0. The molecule has 0 aliphatic rings. The van der Waals surface area contributed by atoms with Gasteiger partial charge in [-0.15, -0.1) is 0 Å². The lowest BCUT2D eigenvalue weighted by Crippen LogP contribution is -1.95. The minimum atomic E-state index is 0.462. The summed E-state index contributed by atoms with van der Waals surface area (Å²) in [5, 5.41) is 7.43. The number of aromatic nitrogens is 3. The molecule has 0 unspecified atom stereocenters. The third kappa shape index (κ3) is 6.04. The van der Waals surface area contributed by atoms with Crippen molar-refractivity contribution in [1.82, 2.24) is 13.7 Å². The van der Waals surface area contributed by atoms with Crippen molar-refractivity contribution in [1.29, 1.82) is 0 Å². The van der Waals surface area contributed by atoms with E-state index in [0.29, 0.717) is 5.92 Å². The molecule has 3 heteroatoms. The van der Waals surface area contributed by atoms with Crippen LogP contribution in [0, 0.1) is 0 Å². The van der Waals surface area contributed by atoms with E-state index in [-0.39, 0.29) is 0 Å². The first-order chi connectivity index (χ1) is 32.6. The van der Waals surface area contributed by atoms with Gasteiger partial charge in [0.1, 0.15) is 0 Å². The summed E-state index contributed by atoms with van der Waals surface area (Å²) in [6.45, 7) is 4.53. The maximum Gasteiger partial charge on any atom is 0.0542 e. The van der Waals surface area contributed by atoms with E-state index in [4.69, 9.17) is 0 Å². The Bertz CT molecular complexity index is 4000. The van der Waals surface area contributed by atoms with E-state index in [1.165, 1.54) is 104 Å². The number of hydrogen-bond acceptors (Lipinski definition) is 0. The van der Waals surface area contributed by atoms with Crippen molar-refractivity contribution in [3.63, 3.8) is 0 Å². The van der Waals surface area contributed by atoms with Crippen LogP contribution in [0.4, 0.5) is 0 Å². The molecule has 0 fully saturated rings. The minimum absolute atomic E-state index is 0.462. The van der Waals surface area contributed by atoms with E-state index in [1.54, 1.807) is 0 Å². The molecule has 0 spiro atoms. The van der Waals surface area contributed by atoms with Crippen LogP contribution in [0.2, 0.25) is 0 Å². The summed E-state index contributed by atoms with van der Waals surface area (Å²) in [6, 6.07) is 85.1. The highest BCUT2D eigenvalue weighted by molar-refractivity contribution is 6.15. The topological polar surface area (TPSA) is 14.8 Å². The summed E-state index contributed by atoms with van der Waals surface area (Å²) < 4.78 is 7.26. The Morgan fingerprint density at radius 1 is 0.242 bits per heavy atom. The van der Waals surface area contributed by atoms with Crippen LogP contribution in [-0.4, -0.2) is 13.7 Å². The highest BCUT2D eigenvalue weighted by Gasteiger charge is 2.20. The van der Waals surface area contributed by atoms with Gasteiger partial charge in [0.05, 0.1) is 33.1 Å². The molecule has 13 aromatic rings. The second-order valence-electron chi connectivity index (χ2n) is 18.0. The molecule has 0 atom stereocenters. The van der Waals surface area contributed by atoms with Gasteiger partial charge >= 0.3 is 0 Å². The molecule has 0 aliphatic heterocycles. The number of para-hydroxylation sites is 3. The molecule has 0 bridgehead atoms. The van der Waals surface area contributed by atoms with Gasteiger partial charge in [-0.25, -0.2) is 0 Å². The van der Waals surface area contributed by atoms with Gasteiger partial charge < -0.3 is 13.7 Å². The number of nitrogens with zero attached hydrogens (tertiary/aromatic N) is 3. The van der Waals surface area contributed by atoms with Crippen LogP contribution in [0.25, 0.3) is 116 Å². The van der Waals surface area contributed by atoms with Gasteiger partial charge in [0.2, 0.25) is 0 Å². The Morgan fingerprint density at radius 2 is 0.606 bits per heavy atom. The SMILES string of the molecule is CC(C)c1cccc(-c2ccc3c(c2)c2cc(-c4ccc5c(c4)c4cc(-c6ccccc6)ccc4n5-c4ccc5c(c4)c4ccccc4n5-c4ccccc4)ccc2n3-c2ccccc2)c1.